The second-order valence-corrected chi connectivity index (χ2v) is 6.88. The van der Waals surface area contributed by atoms with Gasteiger partial charge >= 0.3 is 0 Å². The Kier molecular flexibility index (Phi) is 4.72. The molecule has 1 heterocycles. The van der Waals surface area contributed by atoms with Crippen LogP contribution in [0.3, 0.4) is 0 Å². The van der Waals surface area contributed by atoms with Crippen molar-refractivity contribution in [3.8, 4) is 11.5 Å². The van der Waals surface area contributed by atoms with Gasteiger partial charge in [-0.2, -0.15) is 0 Å². The first-order valence-electron chi connectivity index (χ1n) is 7.70. The van der Waals surface area contributed by atoms with E-state index in [0.717, 1.165) is 49.8 Å². The molecule has 0 bridgehead atoms. The fraction of sp³-hybridized carbons (Fsp3) is 0.625. The fourth-order valence-electron chi connectivity index (χ4n) is 3.10. The third-order valence-corrected chi connectivity index (χ3v) is 5.11. The molecule has 2 N–H and O–H groups in total. The lowest BCUT2D eigenvalue weighted by atomic mass is 9.97. The van der Waals surface area contributed by atoms with Crippen LogP contribution in [0.4, 0.5) is 0 Å². The number of nitrogens with zero attached hydrogens (tertiary/aromatic N) is 1. The van der Waals surface area contributed by atoms with E-state index in [9.17, 15) is 5.11 Å². The summed E-state index contributed by atoms with van der Waals surface area (Å²) >= 11 is 3.45. The first-order valence-corrected chi connectivity index (χ1v) is 8.49. The highest BCUT2D eigenvalue weighted by Gasteiger charge is 2.32. The van der Waals surface area contributed by atoms with Crippen molar-refractivity contribution in [1.82, 2.24) is 10.2 Å². The lowest BCUT2D eigenvalue weighted by Crippen LogP contribution is -2.45. The third-order valence-electron chi connectivity index (χ3n) is 4.51. The number of aromatic hydroxyl groups is 1. The van der Waals surface area contributed by atoms with Crippen LogP contribution in [0.1, 0.15) is 30.9 Å². The van der Waals surface area contributed by atoms with E-state index >= 15 is 0 Å². The van der Waals surface area contributed by atoms with Crippen LogP contribution in [-0.4, -0.2) is 43.3 Å². The van der Waals surface area contributed by atoms with Gasteiger partial charge in [0.25, 0.3) is 0 Å². The van der Waals surface area contributed by atoms with E-state index in [1.165, 1.54) is 12.8 Å². The maximum Gasteiger partial charge on any atom is 0.134 e. The lowest BCUT2D eigenvalue weighted by Gasteiger charge is -2.36. The van der Waals surface area contributed by atoms with Gasteiger partial charge in [-0.15, -0.1) is 0 Å². The highest BCUT2D eigenvalue weighted by atomic mass is 79.9. The number of rotatable bonds is 5. The highest BCUT2D eigenvalue weighted by Crippen LogP contribution is 2.45. The van der Waals surface area contributed by atoms with Crippen LogP contribution in [0, 0.1) is 5.92 Å². The number of phenols is 1. The maximum atomic E-state index is 10.5. The van der Waals surface area contributed by atoms with E-state index in [1.807, 2.05) is 12.1 Å². The fourth-order valence-corrected chi connectivity index (χ4v) is 3.56. The van der Waals surface area contributed by atoms with Crippen molar-refractivity contribution in [3.05, 3.63) is 22.2 Å². The predicted molar refractivity (Wildman–Crippen MR) is 86.9 cm³/mol. The van der Waals surface area contributed by atoms with Crippen LogP contribution in [0.15, 0.2) is 16.6 Å². The predicted octanol–water partition coefficient (Wildman–Crippen LogP) is 2.91. The molecule has 2 fully saturated rings. The number of benzene rings is 1. The van der Waals surface area contributed by atoms with Crippen LogP contribution >= 0.6 is 15.9 Å². The summed E-state index contributed by atoms with van der Waals surface area (Å²) in [5.41, 5.74) is 0.995. The van der Waals surface area contributed by atoms with Gasteiger partial charge in [0, 0.05) is 37.8 Å². The van der Waals surface area contributed by atoms with Gasteiger partial charge in [0.2, 0.25) is 0 Å². The molecule has 4 nitrogen and oxygen atoms in total. The van der Waals surface area contributed by atoms with Crippen molar-refractivity contribution >= 4 is 15.9 Å². The summed E-state index contributed by atoms with van der Waals surface area (Å²) in [6, 6.07) is 4.10. The Morgan fingerprint density at radius 2 is 2.10 bits per heavy atom. The van der Waals surface area contributed by atoms with Crippen molar-refractivity contribution < 1.29 is 9.84 Å². The monoisotopic (exact) mass is 354 g/mol. The zero-order valence-corrected chi connectivity index (χ0v) is 14.0. The molecule has 116 valence electrons. The molecule has 0 spiro atoms. The minimum Gasteiger partial charge on any atom is -0.506 e. The molecular weight excluding hydrogens is 332 g/mol. The number of methoxy groups -OCH3 is 1. The van der Waals surface area contributed by atoms with E-state index in [1.54, 1.807) is 7.11 Å². The number of hydrogen-bond acceptors (Lipinski definition) is 4. The summed E-state index contributed by atoms with van der Waals surface area (Å²) in [5.74, 6) is 1.97. The van der Waals surface area contributed by atoms with E-state index in [4.69, 9.17) is 4.74 Å². The number of hydrogen-bond donors (Lipinski definition) is 2. The SMILES string of the molecule is COc1cc(Br)c(O)c([C@@H](CC2CC2)N2CCNCC2)c1. The maximum absolute atomic E-state index is 10.5. The molecule has 0 unspecified atom stereocenters. The Bertz CT molecular complexity index is 499. The van der Waals surface area contributed by atoms with Crippen LogP contribution in [0.2, 0.25) is 0 Å². The molecule has 5 heteroatoms. The Morgan fingerprint density at radius 1 is 1.38 bits per heavy atom. The summed E-state index contributed by atoms with van der Waals surface area (Å²) in [4.78, 5) is 2.50. The zero-order valence-electron chi connectivity index (χ0n) is 12.4. The second-order valence-electron chi connectivity index (χ2n) is 6.03. The highest BCUT2D eigenvalue weighted by molar-refractivity contribution is 9.10. The Morgan fingerprint density at radius 3 is 2.71 bits per heavy atom. The Hall–Kier alpha value is -0.780. The molecule has 1 atom stereocenters. The molecule has 1 aromatic carbocycles. The molecule has 1 saturated carbocycles. The number of piperazine rings is 1. The van der Waals surface area contributed by atoms with Gasteiger partial charge in [0.1, 0.15) is 11.5 Å². The van der Waals surface area contributed by atoms with Gasteiger partial charge in [-0.3, -0.25) is 4.90 Å². The Balaban J connectivity index is 1.92. The summed E-state index contributed by atoms with van der Waals surface area (Å²) in [7, 11) is 1.67. The summed E-state index contributed by atoms with van der Waals surface area (Å²) in [6.45, 7) is 4.11. The van der Waals surface area contributed by atoms with Crippen molar-refractivity contribution in [2.45, 2.75) is 25.3 Å². The summed E-state index contributed by atoms with van der Waals surface area (Å²) in [5, 5.41) is 13.9. The number of ether oxygens (including phenoxy) is 1. The van der Waals surface area contributed by atoms with Crippen molar-refractivity contribution in [3.63, 3.8) is 0 Å². The molecule has 1 aliphatic carbocycles. The second kappa shape index (κ2) is 6.55. The minimum absolute atomic E-state index is 0.283. The van der Waals surface area contributed by atoms with Crippen LogP contribution in [0.25, 0.3) is 0 Å². The van der Waals surface area contributed by atoms with E-state index in [2.05, 4.69) is 26.1 Å². The van der Waals surface area contributed by atoms with Crippen LogP contribution in [0.5, 0.6) is 11.5 Å². The first-order chi connectivity index (χ1) is 10.2. The standard InChI is InChI=1S/C16H23BrN2O2/c1-21-12-9-13(16(20)14(17)10-12)15(8-11-2-3-11)19-6-4-18-5-7-19/h9-11,15,18,20H,2-8H2,1H3/t15-/m1/s1. The number of nitrogens with one attached hydrogen (secondary N) is 1. The van der Waals surface area contributed by atoms with Gasteiger partial charge in [0.15, 0.2) is 0 Å². The first kappa shape index (κ1) is 15.1. The summed E-state index contributed by atoms with van der Waals surface area (Å²) < 4.78 is 6.09. The van der Waals surface area contributed by atoms with Gasteiger partial charge in [0.05, 0.1) is 11.6 Å². The number of phenolic OH excluding ortho intramolecular Hbond substituents is 1. The molecule has 1 aliphatic heterocycles. The van der Waals surface area contributed by atoms with Gasteiger partial charge in [-0.1, -0.05) is 12.8 Å². The molecular formula is C16H23BrN2O2. The summed E-state index contributed by atoms with van der Waals surface area (Å²) in [6.07, 6.45) is 3.79. The average Bonchev–Trinajstić information content (AvgIpc) is 3.33. The van der Waals surface area contributed by atoms with Crippen molar-refractivity contribution in [2.24, 2.45) is 5.92 Å². The van der Waals surface area contributed by atoms with Crippen LogP contribution in [-0.2, 0) is 0 Å². The molecule has 0 amide bonds. The van der Waals surface area contributed by atoms with Gasteiger partial charge in [-0.25, -0.2) is 0 Å². The molecule has 0 aromatic heterocycles. The lowest BCUT2D eigenvalue weighted by molar-refractivity contribution is 0.157. The van der Waals surface area contributed by atoms with Gasteiger partial charge < -0.3 is 15.2 Å². The van der Waals surface area contributed by atoms with Crippen molar-refractivity contribution in [1.29, 1.82) is 0 Å². The average molecular weight is 355 g/mol. The van der Waals surface area contributed by atoms with E-state index in [0.29, 0.717) is 10.2 Å². The van der Waals surface area contributed by atoms with Crippen molar-refractivity contribution in [2.75, 3.05) is 33.3 Å². The van der Waals surface area contributed by atoms with E-state index in [-0.39, 0.29) is 6.04 Å². The van der Waals surface area contributed by atoms with Crippen LogP contribution < -0.4 is 10.1 Å². The Labute approximate surface area is 134 Å². The topological polar surface area (TPSA) is 44.7 Å². The molecule has 2 aliphatic rings. The van der Waals surface area contributed by atoms with E-state index < -0.39 is 0 Å². The van der Waals surface area contributed by atoms with Gasteiger partial charge in [-0.05, 0) is 40.4 Å². The molecule has 21 heavy (non-hydrogen) atoms. The molecule has 3 rings (SSSR count). The normalized spacial score (nSPS) is 21.2. The smallest absolute Gasteiger partial charge is 0.134 e. The number of halogens is 1. The third kappa shape index (κ3) is 3.52. The quantitative estimate of drug-likeness (QED) is 0.853. The molecule has 0 radical (unpaired) electrons. The largest absolute Gasteiger partial charge is 0.506 e. The molecule has 1 saturated heterocycles. The molecule has 1 aromatic rings. The minimum atomic E-state index is 0.283. The zero-order chi connectivity index (χ0) is 14.8.